The maximum atomic E-state index is 11.1. The standard InChI is InChI=1S/C13H9NO5/c15-12-6-5-11(7-13(12)16)19-8-9-1-3-10(4-2-9)14(17)18/h1-7H,8H2. The summed E-state index contributed by atoms with van der Waals surface area (Å²) < 4.78 is 5.32. The molecule has 1 aromatic rings. The first kappa shape index (κ1) is 12.7. The summed E-state index contributed by atoms with van der Waals surface area (Å²) >= 11 is 0. The van der Waals surface area contributed by atoms with Gasteiger partial charge in [0.25, 0.3) is 5.69 Å². The molecular formula is C13H9NO5. The van der Waals surface area contributed by atoms with E-state index in [9.17, 15) is 19.7 Å². The number of ketones is 2. The minimum absolute atomic E-state index is 0.00121. The summed E-state index contributed by atoms with van der Waals surface area (Å²) in [6.45, 7) is 0.162. The summed E-state index contributed by atoms with van der Waals surface area (Å²) in [6.07, 6.45) is 3.68. The van der Waals surface area contributed by atoms with Gasteiger partial charge in [-0.05, 0) is 29.8 Å². The van der Waals surface area contributed by atoms with Crippen LogP contribution in [0, 0.1) is 10.1 Å². The van der Waals surface area contributed by atoms with Crippen LogP contribution in [0.4, 0.5) is 5.69 Å². The van der Waals surface area contributed by atoms with Crippen LogP contribution in [0.3, 0.4) is 0 Å². The van der Waals surface area contributed by atoms with Crippen molar-refractivity contribution in [3.8, 4) is 0 Å². The van der Waals surface area contributed by atoms with Gasteiger partial charge in [-0.25, -0.2) is 0 Å². The molecule has 0 saturated heterocycles. The van der Waals surface area contributed by atoms with E-state index in [1.807, 2.05) is 0 Å². The van der Waals surface area contributed by atoms with Crippen LogP contribution in [-0.2, 0) is 20.9 Å². The molecule has 2 rings (SSSR count). The lowest BCUT2D eigenvalue weighted by Crippen LogP contribution is -2.12. The Morgan fingerprint density at radius 1 is 1.05 bits per heavy atom. The number of hydrogen-bond acceptors (Lipinski definition) is 5. The molecule has 0 unspecified atom stereocenters. The molecule has 1 aliphatic carbocycles. The Morgan fingerprint density at radius 3 is 2.32 bits per heavy atom. The monoisotopic (exact) mass is 259 g/mol. The number of carbonyl (C=O) groups excluding carboxylic acids is 2. The summed E-state index contributed by atoms with van der Waals surface area (Å²) in [6, 6.07) is 5.88. The lowest BCUT2D eigenvalue weighted by Gasteiger charge is -2.08. The van der Waals surface area contributed by atoms with E-state index in [-0.39, 0.29) is 12.3 Å². The highest BCUT2D eigenvalue weighted by molar-refractivity contribution is 6.46. The Morgan fingerprint density at radius 2 is 1.74 bits per heavy atom. The SMILES string of the molecule is O=C1C=CC(OCc2ccc([N+](=O)[O-])cc2)=CC1=O. The lowest BCUT2D eigenvalue weighted by atomic mass is 10.1. The second-order valence-corrected chi connectivity index (χ2v) is 3.82. The molecule has 0 amide bonds. The van der Waals surface area contributed by atoms with Crippen LogP contribution >= 0.6 is 0 Å². The number of hydrogen-bond donors (Lipinski definition) is 0. The molecule has 0 heterocycles. The van der Waals surface area contributed by atoms with Crippen molar-refractivity contribution in [2.45, 2.75) is 6.61 Å². The third-order valence-electron chi connectivity index (χ3n) is 2.47. The van der Waals surface area contributed by atoms with Crippen molar-refractivity contribution in [3.05, 3.63) is 63.9 Å². The first-order chi connectivity index (χ1) is 9.06. The van der Waals surface area contributed by atoms with Crippen molar-refractivity contribution >= 4 is 17.3 Å². The number of ether oxygens (including phenoxy) is 1. The zero-order valence-corrected chi connectivity index (χ0v) is 9.74. The Labute approximate surface area is 108 Å². The average molecular weight is 259 g/mol. The number of nitrogens with zero attached hydrogens (tertiary/aromatic N) is 1. The first-order valence-electron chi connectivity index (χ1n) is 5.40. The molecule has 0 aliphatic heterocycles. The molecular weight excluding hydrogens is 250 g/mol. The fourth-order valence-corrected chi connectivity index (χ4v) is 1.46. The van der Waals surface area contributed by atoms with Gasteiger partial charge in [-0.15, -0.1) is 0 Å². The highest BCUT2D eigenvalue weighted by atomic mass is 16.6. The van der Waals surface area contributed by atoms with Crippen molar-refractivity contribution in [2.24, 2.45) is 0 Å². The van der Waals surface area contributed by atoms with Crippen molar-refractivity contribution in [2.75, 3.05) is 0 Å². The Balaban J connectivity index is 1.98. The molecule has 0 N–H and O–H groups in total. The summed E-state index contributed by atoms with van der Waals surface area (Å²) in [5.74, 6) is -0.910. The normalized spacial score (nSPS) is 14.2. The quantitative estimate of drug-likeness (QED) is 0.355. The van der Waals surface area contributed by atoms with E-state index in [1.165, 1.54) is 18.2 Å². The van der Waals surface area contributed by atoms with E-state index in [2.05, 4.69) is 0 Å². The van der Waals surface area contributed by atoms with Gasteiger partial charge in [0, 0.05) is 18.2 Å². The molecule has 0 radical (unpaired) electrons. The highest BCUT2D eigenvalue weighted by Crippen LogP contribution is 2.15. The molecule has 0 bridgehead atoms. The fourth-order valence-electron chi connectivity index (χ4n) is 1.46. The van der Waals surface area contributed by atoms with Crippen LogP contribution < -0.4 is 0 Å². The summed E-state index contributed by atoms with van der Waals surface area (Å²) in [4.78, 5) is 32.0. The summed E-state index contributed by atoms with van der Waals surface area (Å²) in [5.41, 5.74) is 0.727. The van der Waals surface area contributed by atoms with E-state index in [0.717, 1.165) is 17.7 Å². The number of benzene rings is 1. The van der Waals surface area contributed by atoms with Gasteiger partial charge in [-0.2, -0.15) is 0 Å². The maximum absolute atomic E-state index is 11.1. The van der Waals surface area contributed by atoms with E-state index < -0.39 is 16.5 Å². The Bertz CT molecular complexity index is 598. The third kappa shape index (κ3) is 3.12. The highest BCUT2D eigenvalue weighted by Gasteiger charge is 2.14. The molecule has 1 aromatic carbocycles. The molecule has 0 fully saturated rings. The Hall–Kier alpha value is -2.76. The van der Waals surface area contributed by atoms with Crippen LogP contribution in [0.5, 0.6) is 0 Å². The van der Waals surface area contributed by atoms with E-state index in [4.69, 9.17) is 4.74 Å². The Kier molecular flexibility index (Phi) is 3.51. The van der Waals surface area contributed by atoms with Crippen molar-refractivity contribution in [1.82, 2.24) is 0 Å². The topological polar surface area (TPSA) is 86.5 Å². The second kappa shape index (κ2) is 5.26. The number of carbonyl (C=O) groups is 2. The predicted molar refractivity (Wildman–Crippen MR) is 65.1 cm³/mol. The molecule has 0 atom stereocenters. The maximum Gasteiger partial charge on any atom is 0.269 e. The van der Waals surface area contributed by atoms with Crippen LogP contribution in [0.25, 0.3) is 0 Å². The smallest absolute Gasteiger partial charge is 0.269 e. The van der Waals surface area contributed by atoms with Gasteiger partial charge < -0.3 is 4.74 Å². The summed E-state index contributed by atoms with van der Waals surface area (Å²) in [5, 5.41) is 10.5. The van der Waals surface area contributed by atoms with Gasteiger partial charge in [0.15, 0.2) is 0 Å². The summed E-state index contributed by atoms with van der Waals surface area (Å²) in [7, 11) is 0. The molecule has 0 saturated carbocycles. The van der Waals surface area contributed by atoms with Crippen LogP contribution in [-0.4, -0.2) is 16.5 Å². The molecule has 19 heavy (non-hydrogen) atoms. The number of nitro groups is 1. The van der Waals surface area contributed by atoms with Gasteiger partial charge in [-0.1, -0.05) is 0 Å². The van der Waals surface area contributed by atoms with Gasteiger partial charge in [0.05, 0.1) is 4.92 Å². The number of nitro benzene ring substituents is 1. The molecule has 1 aliphatic rings. The zero-order chi connectivity index (χ0) is 13.8. The van der Waals surface area contributed by atoms with Crippen LogP contribution in [0.15, 0.2) is 48.3 Å². The first-order valence-corrected chi connectivity index (χ1v) is 5.40. The van der Waals surface area contributed by atoms with E-state index >= 15 is 0 Å². The minimum atomic E-state index is -0.624. The number of non-ortho nitro benzene ring substituents is 1. The number of allylic oxidation sites excluding steroid dienone is 3. The molecule has 96 valence electrons. The van der Waals surface area contributed by atoms with Crippen molar-refractivity contribution in [3.63, 3.8) is 0 Å². The van der Waals surface area contributed by atoms with Gasteiger partial charge in [0.1, 0.15) is 12.4 Å². The van der Waals surface area contributed by atoms with Crippen LogP contribution in [0.1, 0.15) is 5.56 Å². The van der Waals surface area contributed by atoms with E-state index in [1.54, 1.807) is 12.1 Å². The van der Waals surface area contributed by atoms with Crippen molar-refractivity contribution < 1.29 is 19.2 Å². The number of rotatable bonds is 4. The van der Waals surface area contributed by atoms with Gasteiger partial charge in [0.2, 0.25) is 11.6 Å². The second-order valence-electron chi connectivity index (χ2n) is 3.82. The van der Waals surface area contributed by atoms with Gasteiger partial charge >= 0.3 is 0 Å². The molecule has 0 spiro atoms. The lowest BCUT2D eigenvalue weighted by molar-refractivity contribution is -0.384. The average Bonchev–Trinajstić information content (AvgIpc) is 2.40. The zero-order valence-electron chi connectivity index (χ0n) is 9.74. The third-order valence-corrected chi connectivity index (χ3v) is 2.47. The molecule has 6 heteroatoms. The van der Waals surface area contributed by atoms with Crippen molar-refractivity contribution in [1.29, 1.82) is 0 Å². The largest absolute Gasteiger partial charge is 0.489 e. The minimum Gasteiger partial charge on any atom is -0.489 e. The molecule has 0 aromatic heterocycles. The molecule has 6 nitrogen and oxygen atoms in total. The van der Waals surface area contributed by atoms with Crippen LogP contribution in [0.2, 0.25) is 0 Å². The predicted octanol–water partition coefficient (Wildman–Crippen LogP) is 1.70. The fraction of sp³-hybridized carbons (Fsp3) is 0.0769. The van der Waals surface area contributed by atoms with Gasteiger partial charge in [-0.3, -0.25) is 19.7 Å². The van der Waals surface area contributed by atoms with E-state index in [0.29, 0.717) is 5.76 Å².